The SMILES string of the molecule is Cc1cc(F)cc(C)c1-c1cc(Cl)c(F)c(C(CC(=O)O)NC(=O)C(CC(C)C)n2cc(CCN3CC(C)C3)cc(F)c2=O)c1. The Kier molecular flexibility index (Phi) is 10.8. The van der Waals surface area contributed by atoms with Gasteiger partial charge in [0.25, 0.3) is 5.56 Å². The van der Waals surface area contributed by atoms with Gasteiger partial charge in [-0.05, 0) is 96.7 Å². The third kappa shape index (κ3) is 8.16. The molecule has 3 aromatic rings. The van der Waals surface area contributed by atoms with E-state index in [1.165, 1.54) is 36.5 Å². The van der Waals surface area contributed by atoms with Crippen LogP contribution < -0.4 is 10.9 Å². The first-order chi connectivity index (χ1) is 21.1. The summed E-state index contributed by atoms with van der Waals surface area (Å²) >= 11 is 6.28. The lowest BCUT2D eigenvalue weighted by molar-refractivity contribution is -0.138. The summed E-state index contributed by atoms with van der Waals surface area (Å²) in [4.78, 5) is 41.1. The fourth-order valence-electron chi connectivity index (χ4n) is 6.14. The molecule has 2 aromatic carbocycles. The summed E-state index contributed by atoms with van der Waals surface area (Å²) in [6.07, 6.45) is 1.39. The van der Waals surface area contributed by atoms with Gasteiger partial charge in [0.15, 0.2) is 5.82 Å². The molecule has 0 spiro atoms. The number of aromatic nitrogens is 1. The first-order valence-corrected chi connectivity index (χ1v) is 15.4. The number of likely N-dealkylation sites (tertiary alicyclic amines) is 1. The van der Waals surface area contributed by atoms with Crippen molar-refractivity contribution < 1.29 is 27.9 Å². The lowest BCUT2D eigenvalue weighted by Crippen LogP contribution is -2.46. The highest BCUT2D eigenvalue weighted by Crippen LogP contribution is 2.36. The van der Waals surface area contributed by atoms with Gasteiger partial charge in [0.2, 0.25) is 5.91 Å². The van der Waals surface area contributed by atoms with Gasteiger partial charge in [-0.2, -0.15) is 0 Å². The molecule has 7 nitrogen and oxygen atoms in total. The number of nitrogens with one attached hydrogen (secondary N) is 1. The van der Waals surface area contributed by atoms with Crippen LogP contribution >= 0.6 is 11.6 Å². The van der Waals surface area contributed by atoms with Crippen molar-refractivity contribution >= 4 is 23.5 Å². The van der Waals surface area contributed by atoms with Gasteiger partial charge in [-0.25, -0.2) is 13.2 Å². The largest absolute Gasteiger partial charge is 0.481 e. The maximum absolute atomic E-state index is 15.6. The van der Waals surface area contributed by atoms with Gasteiger partial charge in [0, 0.05) is 31.4 Å². The fraction of sp³-hybridized carbons (Fsp3) is 0.441. The van der Waals surface area contributed by atoms with Crippen LogP contribution in [0.2, 0.25) is 5.02 Å². The number of hydrogen-bond donors (Lipinski definition) is 2. The number of aryl methyl sites for hydroxylation is 2. The number of halogens is 4. The number of aliphatic carboxylic acids is 1. The molecule has 1 saturated heterocycles. The van der Waals surface area contributed by atoms with Crippen LogP contribution in [-0.4, -0.2) is 46.1 Å². The molecule has 45 heavy (non-hydrogen) atoms. The average molecular weight is 646 g/mol. The van der Waals surface area contributed by atoms with E-state index >= 15 is 4.39 Å². The van der Waals surface area contributed by atoms with E-state index in [1.54, 1.807) is 13.8 Å². The van der Waals surface area contributed by atoms with Crippen LogP contribution in [0.3, 0.4) is 0 Å². The number of rotatable bonds is 12. The predicted octanol–water partition coefficient (Wildman–Crippen LogP) is 6.62. The molecular weight excluding hydrogens is 607 g/mol. The lowest BCUT2D eigenvalue weighted by atomic mass is 9.92. The number of carboxylic acid groups (broad SMARTS) is 1. The number of carbonyl (C=O) groups excluding carboxylic acids is 1. The zero-order chi connectivity index (χ0) is 33.2. The molecular formula is C34H39ClF3N3O4. The van der Waals surface area contributed by atoms with Crippen LogP contribution in [0, 0.1) is 43.1 Å². The Morgan fingerprint density at radius 2 is 1.71 bits per heavy atom. The summed E-state index contributed by atoms with van der Waals surface area (Å²) < 4.78 is 45.6. The number of carbonyl (C=O) groups is 2. The zero-order valence-corrected chi connectivity index (χ0v) is 26.9. The minimum absolute atomic E-state index is 0.112. The molecule has 11 heteroatoms. The van der Waals surface area contributed by atoms with Crippen molar-refractivity contribution in [3.05, 3.63) is 91.6 Å². The smallest absolute Gasteiger partial charge is 0.305 e. The van der Waals surface area contributed by atoms with E-state index < -0.39 is 53.4 Å². The van der Waals surface area contributed by atoms with Gasteiger partial charge in [-0.1, -0.05) is 32.4 Å². The van der Waals surface area contributed by atoms with Crippen LogP contribution in [0.1, 0.15) is 68.0 Å². The topological polar surface area (TPSA) is 91.6 Å². The van der Waals surface area contributed by atoms with Crippen LogP contribution in [0.25, 0.3) is 11.1 Å². The van der Waals surface area contributed by atoms with E-state index in [1.807, 2.05) is 13.8 Å². The highest BCUT2D eigenvalue weighted by Gasteiger charge is 2.30. The quantitative estimate of drug-likeness (QED) is 0.231. The number of amides is 1. The van der Waals surface area contributed by atoms with E-state index in [-0.39, 0.29) is 22.9 Å². The summed E-state index contributed by atoms with van der Waals surface area (Å²) in [6.45, 7) is 11.7. The maximum atomic E-state index is 15.6. The Morgan fingerprint density at radius 1 is 1.07 bits per heavy atom. The fourth-order valence-corrected chi connectivity index (χ4v) is 6.36. The average Bonchev–Trinajstić information content (AvgIpc) is 2.91. The lowest BCUT2D eigenvalue weighted by Gasteiger charge is -2.37. The Bertz CT molecular complexity index is 1630. The third-order valence-electron chi connectivity index (χ3n) is 8.16. The minimum Gasteiger partial charge on any atom is -0.481 e. The summed E-state index contributed by atoms with van der Waals surface area (Å²) in [5.41, 5.74) is 1.50. The molecule has 1 aliphatic heterocycles. The Labute approximate surface area is 266 Å². The van der Waals surface area contributed by atoms with E-state index in [9.17, 15) is 28.3 Å². The molecule has 1 amide bonds. The maximum Gasteiger partial charge on any atom is 0.305 e. The Morgan fingerprint density at radius 3 is 2.29 bits per heavy atom. The van der Waals surface area contributed by atoms with Crippen molar-refractivity contribution in [3.8, 4) is 11.1 Å². The third-order valence-corrected chi connectivity index (χ3v) is 8.43. The van der Waals surface area contributed by atoms with Crippen molar-refractivity contribution in [2.45, 2.75) is 66.0 Å². The molecule has 2 heterocycles. The second-order valence-electron chi connectivity index (χ2n) is 12.6. The Hall–Kier alpha value is -3.63. The first-order valence-electron chi connectivity index (χ1n) is 15.1. The van der Waals surface area contributed by atoms with Crippen molar-refractivity contribution in [2.24, 2.45) is 11.8 Å². The zero-order valence-electron chi connectivity index (χ0n) is 26.1. The molecule has 0 aliphatic carbocycles. The van der Waals surface area contributed by atoms with E-state index in [0.717, 1.165) is 17.7 Å². The van der Waals surface area contributed by atoms with Gasteiger partial charge in [-0.3, -0.25) is 14.4 Å². The second-order valence-corrected chi connectivity index (χ2v) is 13.0. The summed E-state index contributed by atoms with van der Waals surface area (Å²) in [7, 11) is 0. The molecule has 1 aromatic heterocycles. The van der Waals surface area contributed by atoms with Crippen molar-refractivity contribution in [1.29, 1.82) is 0 Å². The normalized spacial score (nSPS) is 15.2. The number of benzene rings is 2. The van der Waals surface area contributed by atoms with Crippen LogP contribution in [0.15, 0.2) is 41.3 Å². The van der Waals surface area contributed by atoms with Crippen molar-refractivity contribution in [3.63, 3.8) is 0 Å². The minimum atomic E-state index is -1.39. The molecule has 1 fully saturated rings. The van der Waals surface area contributed by atoms with E-state index in [4.69, 9.17) is 11.6 Å². The molecule has 0 saturated carbocycles. The number of hydrogen-bond acceptors (Lipinski definition) is 4. The molecule has 2 atom stereocenters. The second kappa shape index (κ2) is 14.2. The molecule has 4 rings (SSSR count). The standard InChI is InChI=1S/C34H39ClF3N3O4/c1-18(2)8-29(41-17-22(11-27(37)34(41)45)6-7-40-15-19(3)16-40)33(44)39-28(14-30(42)43)25-12-23(13-26(35)32(25)38)31-20(4)9-24(36)10-21(31)5/h9-13,17-19,28-29H,6-8,14-16H2,1-5H3,(H,39,44)(H,42,43). The summed E-state index contributed by atoms with van der Waals surface area (Å²) in [5.74, 6) is -3.96. The van der Waals surface area contributed by atoms with Crippen LogP contribution in [0.4, 0.5) is 13.2 Å². The highest BCUT2D eigenvalue weighted by molar-refractivity contribution is 6.31. The molecule has 2 unspecified atom stereocenters. The summed E-state index contributed by atoms with van der Waals surface area (Å²) in [6, 6.07) is 3.99. The van der Waals surface area contributed by atoms with Crippen molar-refractivity contribution in [2.75, 3.05) is 19.6 Å². The molecule has 242 valence electrons. The van der Waals surface area contributed by atoms with Gasteiger partial charge >= 0.3 is 5.97 Å². The number of nitrogens with zero attached hydrogens (tertiary/aromatic N) is 2. The monoisotopic (exact) mass is 645 g/mol. The van der Waals surface area contributed by atoms with E-state index in [2.05, 4.69) is 17.1 Å². The molecule has 1 aliphatic rings. The van der Waals surface area contributed by atoms with Gasteiger partial charge < -0.3 is 19.9 Å². The Balaban J connectivity index is 1.72. The number of pyridine rings is 1. The van der Waals surface area contributed by atoms with Crippen LogP contribution in [-0.2, 0) is 16.0 Å². The van der Waals surface area contributed by atoms with Crippen LogP contribution in [0.5, 0.6) is 0 Å². The highest BCUT2D eigenvalue weighted by atomic mass is 35.5. The first kappa shape index (κ1) is 34.2. The molecule has 0 bridgehead atoms. The van der Waals surface area contributed by atoms with Gasteiger partial charge in [0.1, 0.15) is 17.7 Å². The van der Waals surface area contributed by atoms with Crippen molar-refractivity contribution in [1.82, 2.24) is 14.8 Å². The molecule has 0 radical (unpaired) electrons. The summed E-state index contributed by atoms with van der Waals surface area (Å²) in [5, 5.41) is 12.0. The predicted molar refractivity (Wildman–Crippen MR) is 168 cm³/mol. The van der Waals surface area contributed by atoms with Gasteiger partial charge in [0.05, 0.1) is 17.5 Å². The number of carboxylic acids is 1. The van der Waals surface area contributed by atoms with E-state index in [0.29, 0.717) is 46.7 Å². The van der Waals surface area contributed by atoms with Gasteiger partial charge in [-0.15, -0.1) is 0 Å². The molecule has 2 N–H and O–H groups in total.